The molecular weight excluding hydrogens is 351 g/mol. The lowest BCUT2D eigenvalue weighted by Gasteiger charge is -2.02. The van der Waals surface area contributed by atoms with Crippen molar-refractivity contribution in [3.05, 3.63) is 49.1 Å². The predicted octanol–water partition coefficient (Wildman–Crippen LogP) is -0.948. The van der Waals surface area contributed by atoms with E-state index in [4.69, 9.17) is 0 Å². The molecule has 0 spiro atoms. The van der Waals surface area contributed by atoms with Crippen LogP contribution in [-0.4, -0.2) is 13.8 Å². The molecule has 0 radical (unpaired) electrons. The molecule has 4 nitrogen and oxygen atoms in total. The molecule has 0 aliphatic rings. The molecule has 4 rings (SSSR count). The molecule has 0 saturated carbocycles. The van der Waals surface area contributed by atoms with Gasteiger partial charge in [-0.05, 0) is 19.1 Å². The third-order valence-electron chi connectivity index (χ3n) is 3.48. The molecule has 0 bridgehead atoms. The zero-order valence-electron chi connectivity index (χ0n) is 10.5. The minimum absolute atomic E-state index is 0. The van der Waals surface area contributed by atoms with Crippen LogP contribution < -0.4 is 28.5 Å². The van der Waals surface area contributed by atoms with E-state index < -0.39 is 0 Å². The molecule has 3 heterocycles. The fraction of sp³-hybridized carbons (Fsp3) is 0.143. The Morgan fingerprint density at radius 2 is 1.84 bits per heavy atom. The molecule has 0 aliphatic carbocycles. The van der Waals surface area contributed by atoms with Gasteiger partial charge in [0.05, 0.1) is 12.1 Å². The van der Waals surface area contributed by atoms with E-state index in [2.05, 4.69) is 61.9 Å². The molecule has 0 fully saturated rings. The highest BCUT2D eigenvalue weighted by atomic mass is 127. The van der Waals surface area contributed by atoms with Crippen LogP contribution in [0.2, 0.25) is 0 Å². The molecule has 0 N–H and O–H groups in total. The van der Waals surface area contributed by atoms with E-state index in [1.807, 2.05) is 12.4 Å². The van der Waals surface area contributed by atoms with Gasteiger partial charge in [0.1, 0.15) is 12.4 Å². The Morgan fingerprint density at radius 1 is 1.11 bits per heavy atom. The summed E-state index contributed by atoms with van der Waals surface area (Å²) in [5, 5.41) is 0. The Balaban J connectivity index is 0.00000110. The van der Waals surface area contributed by atoms with Crippen LogP contribution in [0.15, 0.2) is 49.1 Å². The molecule has 19 heavy (non-hydrogen) atoms. The van der Waals surface area contributed by atoms with Crippen molar-refractivity contribution in [3.8, 4) is 0 Å². The number of benzene rings is 1. The number of hydrogen-bond donors (Lipinski definition) is 0. The smallest absolute Gasteiger partial charge is 0.331 e. The van der Waals surface area contributed by atoms with Crippen LogP contribution in [0.3, 0.4) is 0 Å². The molecule has 0 aliphatic heterocycles. The fourth-order valence-electron chi connectivity index (χ4n) is 2.65. The molecule has 96 valence electrons. The molecule has 0 saturated heterocycles. The Morgan fingerprint density at radius 3 is 2.58 bits per heavy atom. The highest BCUT2D eigenvalue weighted by Gasteiger charge is 2.18. The number of rotatable bonds is 1. The Kier molecular flexibility index (Phi) is 2.93. The number of halogens is 1. The first kappa shape index (κ1) is 12.4. The van der Waals surface area contributed by atoms with Crippen molar-refractivity contribution < 1.29 is 28.5 Å². The Hall–Kier alpha value is -1.63. The van der Waals surface area contributed by atoms with Crippen LogP contribution in [-0.2, 0) is 6.54 Å². The topological polar surface area (TPSA) is 25.6 Å². The molecule has 3 aromatic heterocycles. The molecule has 1 aromatic carbocycles. The summed E-state index contributed by atoms with van der Waals surface area (Å²) in [5.41, 5.74) is 4.52. The van der Waals surface area contributed by atoms with Gasteiger partial charge >= 0.3 is 5.65 Å². The molecule has 0 amide bonds. The number of para-hydroxylation sites is 2. The maximum atomic E-state index is 4.50. The third kappa shape index (κ3) is 1.57. The van der Waals surface area contributed by atoms with Gasteiger partial charge < -0.3 is 24.0 Å². The van der Waals surface area contributed by atoms with Crippen LogP contribution >= 0.6 is 0 Å². The molecule has 0 atom stereocenters. The number of aryl methyl sites for hydroxylation is 1. The van der Waals surface area contributed by atoms with Crippen molar-refractivity contribution in [2.75, 3.05) is 0 Å². The Bertz CT molecular complexity index is 875. The highest BCUT2D eigenvalue weighted by molar-refractivity contribution is 5.84. The van der Waals surface area contributed by atoms with E-state index in [0.717, 1.165) is 17.8 Å². The molecule has 0 unspecified atom stereocenters. The zero-order chi connectivity index (χ0) is 12.1. The van der Waals surface area contributed by atoms with E-state index >= 15 is 0 Å². The van der Waals surface area contributed by atoms with E-state index in [1.165, 1.54) is 11.0 Å². The van der Waals surface area contributed by atoms with Crippen molar-refractivity contribution in [2.45, 2.75) is 13.5 Å². The second kappa shape index (κ2) is 4.48. The second-order valence-corrected chi connectivity index (χ2v) is 4.39. The first-order valence-electron chi connectivity index (χ1n) is 6.14. The van der Waals surface area contributed by atoms with E-state index in [-0.39, 0.29) is 24.0 Å². The van der Waals surface area contributed by atoms with Gasteiger partial charge in [0, 0.05) is 12.4 Å². The van der Waals surface area contributed by atoms with Gasteiger partial charge in [-0.15, -0.1) is 0 Å². The normalized spacial score (nSPS) is 11.2. The third-order valence-corrected chi connectivity index (χ3v) is 3.48. The van der Waals surface area contributed by atoms with Crippen LogP contribution in [0.25, 0.3) is 22.3 Å². The lowest BCUT2D eigenvalue weighted by Crippen LogP contribution is -3.00. The van der Waals surface area contributed by atoms with E-state index in [0.29, 0.717) is 0 Å². The number of aromatic nitrogens is 4. The highest BCUT2D eigenvalue weighted by Crippen LogP contribution is 2.19. The van der Waals surface area contributed by atoms with E-state index in [1.54, 1.807) is 0 Å². The van der Waals surface area contributed by atoms with E-state index in [9.17, 15) is 0 Å². The lowest BCUT2D eigenvalue weighted by molar-refractivity contribution is -0.666. The summed E-state index contributed by atoms with van der Waals surface area (Å²) < 4.78 is 6.58. The maximum absolute atomic E-state index is 4.50. The largest absolute Gasteiger partial charge is 1.00 e. The average Bonchev–Trinajstić information content (AvgIpc) is 3.05. The first-order chi connectivity index (χ1) is 8.90. The van der Waals surface area contributed by atoms with Crippen molar-refractivity contribution in [2.24, 2.45) is 0 Å². The van der Waals surface area contributed by atoms with Gasteiger partial charge in [0.15, 0.2) is 5.52 Å². The standard InChI is InChI=1S/C14H13N4.HI/c1-2-16-9-10-18-12-6-4-3-5-11(12)17-8-7-15-13(17)14(16)18;/h3-10H,2H2,1H3;1H/q+1;/p-1. The van der Waals surface area contributed by atoms with Crippen molar-refractivity contribution >= 4 is 22.3 Å². The summed E-state index contributed by atoms with van der Waals surface area (Å²) in [6.45, 7) is 3.09. The summed E-state index contributed by atoms with van der Waals surface area (Å²) in [4.78, 5) is 4.50. The summed E-state index contributed by atoms with van der Waals surface area (Å²) in [6, 6.07) is 8.40. The Labute approximate surface area is 127 Å². The maximum Gasteiger partial charge on any atom is 0.331 e. The van der Waals surface area contributed by atoms with Crippen LogP contribution in [0.5, 0.6) is 0 Å². The second-order valence-electron chi connectivity index (χ2n) is 4.39. The number of hydrogen-bond acceptors (Lipinski definition) is 1. The molecule has 5 heteroatoms. The fourth-order valence-corrected chi connectivity index (χ4v) is 2.65. The number of imidazole rings is 2. The van der Waals surface area contributed by atoms with Crippen molar-refractivity contribution in [1.82, 2.24) is 13.8 Å². The number of nitrogens with zero attached hydrogens (tertiary/aromatic N) is 4. The zero-order valence-corrected chi connectivity index (χ0v) is 12.7. The van der Waals surface area contributed by atoms with Gasteiger partial charge in [-0.2, -0.15) is 4.40 Å². The summed E-state index contributed by atoms with van der Waals surface area (Å²) in [7, 11) is 0. The van der Waals surface area contributed by atoms with Gasteiger partial charge in [-0.25, -0.2) is 9.55 Å². The minimum Gasteiger partial charge on any atom is -1.00 e. The van der Waals surface area contributed by atoms with Crippen molar-refractivity contribution in [1.29, 1.82) is 0 Å². The summed E-state index contributed by atoms with van der Waals surface area (Å²) >= 11 is 0. The van der Waals surface area contributed by atoms with Gasteiger partial charge in [-0.3, -0.25) is 4.40 Å². The molecule has 4 aromatic rings. The van der Waals surface area contributed by atoms with Crippen molar-refractivity contribution in [3.63, 3.8) is 0 Å². The van der Waals surface area contributed by atoms with Gasteiger partial charge in [-0.1, -0.05) is 12.1 Å². The van der Waals surface area contributed by atoms with Gasteiger partial charge in [0.25, 0.3) is 0 Å². The van der Waals surface area contributed by atoms with Crippen LogP contribution in [0.4, 0.5) is 0 Å². The minimum atomic E-state index is 0. The first-order valence-corrected chi connectivity index (χ1v) is 6.14. The summed E-state index contributed by atoms with van der Waals surface area (Å²) in [6.07, 6.45) is 8.09. The summed E-state index contributed by atoms with van der Waals surface area (Å²) in [5.74, 6) is 0. The van der Waals surface area contributed by atoms with Crippen LogP contribution in [0, 0.1) is 0 Å². The quantitative estimate of drug-likeness (QED) is 0.316. The lowest BCUT2D eigenvalue weighted by atomic mass is 10.3. The SMILES string of the molecule is CC[n+]1ccn2c3ccccc3n3ccnc3c21.[I-]. The monoisotopic (exact) mass is 364 g/mol. The molecular formula is C14H13IN4. The number of fused-ring (bicyclic) bond motifs is 6. The van der Waals surface area contributed by atoms with Gasteiger partial charge in [0.2, 0.25) is 5.65 Å². The average molecular weight is 364 g/mol. The predicted molar refractivity (Wildman–Crippen MR) is 69.5 cm³/mol. The van der Waals surface area contributed by atoms with Crippen LogP contribution in [0.1, 0.15) is 6.92 Å².